The normalized spacial score (nSPS) is 11.2. The highest BCUT2D eigenvalue weighted by atomic mass is 16.5. The number of carbonyl (C=O) groups is 2. The summed E-state index contributed by atoms with van der Waals surface area (Å²) >= 11 is 0. The lowest BCUT2D eigenvalue weighted by atomic mass is 10.1. The van der Waals surface area contributed by atoms with Crippen LogP contribution in [0.5, 0.6) is 5.75 Å². The van der Waals surface area contributed by atoms with E-state index in [1.807, 2.05) is 30.3 Å². The molecule has 2 rings (SSSR count). The first-order chi connectivity index (χ1) is 12.0. The molecule has 5 nitrogen and oxygen atoms in total. The third kappa shape index (κ3) is 5.80. The Hall–Kier alpha value is -3.08. The number of hydrogen-bond donors (Lipinski definition) is 2. The van der Waals surface area contributed by atoms with Crippen LogP contribution in [0.25, 0.3) is 6.08 Å². The molecule has 0 aromatic heterocycles. The molecule has 0 saturated carbocycles. The van der Waals surface area contributed by atoms with Crippen molar-refractivity contribution in [2.24, 2.45) is 11.7 Å². The van der Waals surface area contributed by atoms with Crippen LogP contribution in [0.4, 0.5) is 0 Å². The summed E-state index contributed by atoms with van der Waals surface area (Å²) < 4.78 is 5.58. The SMILES string of the molecule is CC(C)COc1ccc(C(=O)N/C(=C/c2ccccc2)C(N)=O)cc1. The lowest BCUT2D eigenvalue weighted by molar-refractivity contribution is -0.114. The summed E-state index contributed by atoms with van der Waals surface area (Å²) in [6, 6.07) is 15.9. The van der Waals surface area contributed by atoms with Gasteiger partial charge >= 0.3 is 0 Å². The smallest absolute Gasteiger partial charge is 0.265 e. The Morgan fingerprint density at radius 2 is 1.72 bits per heavy atom. The van der Waals surface area contributed by atoms with E-state index >= 15 is 0 Å². The first-order valence-corrected chi connectivity index (χ1v) is 8.06. The number of nitrogens with one attached hydrogen (secondary N) is 1. The van der Waals surface area contributed by atoms with Crippen LogP contribution < -0.4 is 15.8 Å². The minimum Gasteiger partial charge on any atom is -0.493 e. The van der Waals surface area contributed by atoms with Gasteiger partial charge < -0.3 is 15.8 Å². The molecule has 0 aliphatic rings. The molecule has 2 aromatic rings. The molecule has 0 aliphatic carbocycles. The fourth-order valence-corrected chi connectivity index (χ4v) is 2.04. The Morgan fingerprint density at radius 1 is 1.08 bits per heavy atom. The maximum Gasteiger partial charge on any atom is 0.265 e. The largest absolute Gasteiger partial charge is 0.493 e. The van der Waals surface area contributed by atoms with E-state index in [9.17, 15) is 9.59 Å². The molecule has 0 atom stereocenters. The number of amides is 2. The molecule has 0 radical (unpaired) electrons. The molecule has 0 aliphatic heterocycles. The zero-order valence-corrected chi connectivity index (χ0v) is 14.4. The van der Waals surface area contributed by atoms with Crippen LogP contribution in [0.2, 0.25) is 0 Å². The Kier molecular flexibility index (Phi) is 6.34. The zero-order valence-electron chi connectivity index (χ0n) is 14.4. The summed E-state index contributed by atoms with van der Waals surface area (Å²) in [5.41, 5.74) is 6.59. The van der Waals surface area contributed by atoms with Crippen molar-refractivity contribution in [3.63, 3.8) is 0 Å². The van der Waals surface area contributed by atoms with Gasteiger partial charge in [0.1, 0.15) is 11.4 Å². The van der Waals surface area contributed by atoms with Gasteiger partial charge in [-0.25, -0.2) is 0 Å². The first-order valence-electron chi connectivity index (χ1n) is 8.06. The fraction of sp³-hybridized carbons (Fsp3) is 0.200. The first kappa shape index (κ1) is 18.3. The Balaban J connectivity index is 2.08. The van der Waals surface area contributed by atoms with Gasteiger partial charge in [-0.3, -0.25) is 9.59 Å². The molecule has 130 valence electrons. The third-order valence-corrected chi connectivity index (χ3v) is 3.32. The molecule has 25 heavy (non-hydrogen) atoms. The average molecular weight is 338 g/mol. The van der Waals surface area contributed by atoms with Crippen LogP contribution in [0, 0.1) is 5.92 Å². The molecule has 0 unspecified atom stereocenters. The lowest BCUT2D eigenvalue weighted by Crippen LogP contribution is -2.31. The van der Waals surface area contributed by atoms with Crippen molar-refractivity contribution in [3.05, 3.63) is 71.4 Å². The summed E-state index contributed by atoms with van der Waals surface area (Å²) in [5.74, 6) is 0.00917. The van der Waals surface area contributed by atoms with E-state index in [1.54, 1.807) is 30.3 Å². The number of ether oxygens (including phenoxy) is 1. The predicted molar refractivity (Wildman–Crippen MR) is 97.9 cm³/mol. The summed E-state index contributed by atoms with van der Waals surface area (Å²) in [6.07, 6.45) is 1.54. The maximum atomic E-state index is 12.3. The number of benzene rings is 2. The number of carbonyl (C=O) groups excluding carboxylic acids is 2. The standard InChI is InChI=1S/C20H22N2O3/c1-14(2)13-25-17-10-8-16(9-11-17)20(24)22-18(19(21)23)12-15-6-4-3-5-7-15/h3-12,14H,13H2,1-2H3,(H2,21,23)(H,22,24)/b18-12+. The number of primary amides is 1. The average Bonchev–Trinajstić information content (AvgIpc) is 2.60. The lowest BCUT2D eigenvalue weighted by Gasteiger charge is -2.10. The molecular formula is C20H22N2O3. The van der Waals surface area contributed by atoms with E-state index in [0.717, 1.165) is 5.56 Å². The van der Waals surface area contributed by atoms with E-state index in [-0.39, 0.29) is 5.70 Å². The Bertz CT molecular complexity index is 750. The van der Waals surface area contributed by atoms with Crippen molar-refractivity contribution >= 4 is 17.9 Å². The van der Waals surface area contributed by atoms with Gasteiger partial charge in [0.15, 0.2) is 0 Å². The summed E-state index contributed by atoms with van der Waals surface area (Å²) in [7, 11) is 0. The molecule has 0 spiro atoms. The van der Waals surface area contributed by atoms with Crippen molar-refractivity contribution in [2.45, 2.75) is 13.8 Å². The van der Waals surface area contributed by atoms with Gasteiger partial charge in [0.05, 0.1) is 6.61 Å². The minimum atomic E-state index is -0.700. The van der Waals surface area contributed by atoms with Crippen LogP contribution in [0.3, 0.4) is 0 Å². The summed E-state index contributed by atoms with van der Waals surface area (Å²) in [5, 5.41) is 2.56. The molecule has 0 fully saturated rings. The van der Waals surface area contributed by atoms with Crippen molar-refractivity contribution in [3.8, 4) is 5.75 Å². The van der Waals surface area contributed by atoms with Crippen LogP contribution in [0.1, 0.15) is 29.8 Å². The van der Waals surface area contributed by atoms with E-state index in [4.69, 9.17) is 10.5 Å². The molecule has 3 N–H and O–H groups in total. The van der Waals surface area contributed by atoms with Crippen molar-refractivity contribution in [1.29, 1.82) is 0 Å². The van der Waals surface area contributed by atoms with Crippen LogP contribution in [-0.4, -0.2) is 18.4 Å². The van der Waals surface area contributed by atoms with Crippen LogP contribution in [0.15, 0.2) is 60.3 Å². The van der Waals surface area contributed by atoms with Gasteiger partial charge in [-0.1, -0.05) is 44.2 Å². The second-order valence-electron chi connectivity index (χ2n) is 6.02. The molecule has 2 aromatic carbocycles. The second kappa shape index (κ2) is 8.68. The predicted octanol–water partition coefficient (Wildman–Crippen LogP) is 2.98. The monoisotopic (exact) mass is 338 g/mol. The molecule has 0 saturated heterocycles. The van der Waals surface area contributed by atoms with Gasteiger partial charge in [-0.15, -0.1) is 0 Å². The highest BCUT2D eigenvalue weighted by Gasteiger charge is 2.12. The van der Waals surface area contributed by atoms with E-state index in [0.29, 0.717) is 23.8 Å². The van der Waals surface area contributed by atoms with Crippen LogP contribution in [-0.2, 0) is 4.79 Å². The van der Waals surface area contributed by atoms with Crippen molar-refractivity contribution < 1.29 is 14.3 Å². The number of nitrogens with two attached hydrogens (primary N) is 1. The molecule has 2 amide bonds. The topological polar surface area (TPSA) is 81.4 Å². The van der Waals surface area contributed by atoms with Gasteiger partial charge in [0.2, 0.25) is 0 Å². The van der Waals surface area contributed by atoms with E-state index in [1.165, 1.54) is 0 Å². The zero-order chi connectivity index (χ0) is 18.2. The molecule has 0 heterocycles. The highest BCUT2D eigenvalue weighted by molar-refractivity contribution is 6.04. The quantitative estimate of drug-likeness (QED) is 0.762. The maximum absolute atomic E-state index is 12.3. The van der Waals surface area contributed by atoms with E-state index < -0.39 is 11.8 Å². The Morgan fingerprint density at radius 3 is 2.28 bits per heavy atom. The molecule has 5 heteroatoms. The minimum absolute atomic E-state index is 0.0383. The van der Waals surface area contributed by atoms with Gasteiger partial charge in [-0.2, -0.15) is 0 Å². The second-order valence-corrected chi connectivity index (χ2v) is 6.02. The molecular weight excluding hydrogens is 316 g/mol. The van der Waals surface area contributed by atoms with E-state index in [2.05, 4.69) is 19.2 Å². The number of rotatable bonds is 7. The fourth-order valence-electron chi connectivity index (χ4n) is 2.04. The third-order valence-electron chi connectivity index (χ3n) is 3.32. The van der Waals surface area contributed by atoms with Gasteiger partial charge in [0.25, 0.3) is 11.8 Å². The molecule has 0 bridgehead atoms. The Labute approximate surface area is 147 Å². The summed E-state index contributed by atoms with van der Waals surface area (Å²) in [4.78, 5) is 23.9. The van der Waals surface area contributed by atoms with Crippen molar-refractivity contribution in [2.75, 3.05) is 6.61 Å². The number of hydrogen-bond acceptors (Lipinski definition) is 3. The van der Waals surface area contributed by atoms with Crippen LogP contribution >= 0.6 is 0 Å². The van der Waals surface area contributed by atoms with Gasteiger partial charge in [0, 0.05) is 5.56 Å². The van der Waals surface area contributed by atoms with Crippen molar-refractivity contribution in [1.82, 2.24) is 5.32 Å². The summed E-state index contributed by atoms with van der Waals surface area (Å²) in [6.45, 7) is 4.73. The highest BCUT2D eigenvalue weighted by Crippen LogP contribution is 2.14. The van der Waals surface area contributed by atoms with Gasteiger partial charge in [-0.05, 0) is 41.8 Å².